The van der Waals surface area contributed by atoms with Crippen LogP contribution in [0.4, 0.5) is 0 Å². The number of nitrogens with one attached hydrogen (secondary N) is 1. The molecule has 1 aromatic heterocycles. The first-order valence-electron chi connectivity index (χ1n) is 8.82. The lowest BCUT2D eigenvalue weighted by Gasteiger charge is -2.35. The number of aliphatic hydroxyl groups excluding tert-OH is 1. The van der Waals surface area contributed by atoms with Gasteiger partial charge in [0.25, 0.3) is 0 Å². The molecule has 2 N–H and O–H groups in total. The van der Waals surface area contributed by atoms with Crippen LogP contribution in [0.5, 0.6) is 5.75 Å². The van der Waals surface area contributed by atoms with E-state index in [0.717, 1.165) is 30.8 Å². The van der Waals surface area contributed by atoms with E-state index in [1.807, 2.05) is 19.2 Å². The Bertz CT molecular complexity index is 668. The largest absolute Gasteiger partial charge is 0.494 e. The van der Waals surface area contributed by atoms with E-state index in [9.17, 15) is 5.11 Å². The van der Waals surface area contributed by atoms with Gasteiger partial charge in [0, 0.05) is 12.1 Å². The Morgan fingerprint density at radius 3 is 2.96 bits per heavy atom. The summed E-state index contributed by atoms with van der Waals surface area (Å²) < 4.78 is 5.58. The molecule has 0 unspecified atom stereocenters. The third-order valence-electron chi connectivity index (χ3n) is 4.80. The van der Waals surface area contributed by atoms with Gasteiger partial charge in [-0.3, -0.25) is 10.00 Å². The summed E-state index contributed by atoms with van der Waals surface area (Å²) in [6, 6.07) is 6.54. The summed E-state index contributed by atoms with van der Waals surface area (Å²) in [7, 11) is 0. The van der Waals surface area contributed by atoms with Gasteiger partial charge in [-0.1, -0.05) is 12.5 Å². The molecular weight excluding hydrogens is 302 g/mol. The van der Waals surface area contributed by atoms with Crippen LogP contribution < -0.4 is 4.74 Å². The third-order valence-corrected chi connectivity index (χ3v) is 4.80. The summed E-state index contributed by atoms with van der Waals surface area (Å²) in [5.74, 6) is 0.781. The van der Waals surface area contributed by atoms with E-state index in [4.69, 9.17) is 4.74 Å². The van der Waals surface area contributed by atoms with Crippen LogP contribution in [-0.4, -0.2) is 33.4 Å². The second kappa shape index (κ2) is 7.81. The van der Waals surface area contributed by atoms with E-state index in [-0.39, 0.29) is 6.61 Å². The second-order valence-corrected chi connectivity index (χ2v) is 6.48. The number of hydrogen-bond acceptors (Lipinski definition) is 4. The Morgan fingerprint density at radius 1 is 1.38 bits per heavy atom. The number of hydrogen-bond donors (Lipinski definition) is 2. The highest BCUT2D eigenvalue weighted by molar-refractivity contribution is 5.37. The molecule has 3 rings (SSSR count). The lowest BCUT2D eigenvalue weighted by Crippen LogP contribution is -2.33. The van der Waals surface area contributed by atoms with Gasteiger partial charge in [-0.2, -0.15) is 5.10 Å². The molecule has 1 fully saturated rings. The van der Waals surface area contributed by atoms with E-state index in [0.29, 0.717) is 12.6 Å². The van der Waals surface area contributed by atoms with Crippen molar-refractivity contribution in [3.63, 3.8) is 0 Å². The van der Waals surface area contributed by atoms with Gasteiger partial charge < -0.3 is 9.84 Å². The number of H-pyrrole nitrogens is 1. The Morgan fingerprint density at radius 2 is 2.25 bits per heavy atom. The minimum atomic E-state index is 0.00621. The lowest BCUT2D eigenvalue weighted by atomic mass is 9.96. The fourth-order valence-electron chi connectivity index (χ4n) is 3.59. The summed E-state index contributed by atoms with van der Waals surface area (Å²) in [5.41, 5.74) is 4.55. The van der Waals surface area contributed by atoms with Crippen LogP contribution in [0.15, 0.2) is 24.4 Å². The number of aromatic amines is 1. The number of benzene rings is 1. The van der Waals surface area contributed by atoms with Gasteiger partial charge in [0.1, 0.15) is 5.75 Å². The van der Waals surface area contributed by atoms with Crippen molar-refractivity contribution in [3.8, 4) is 5.75 Å². The normalized spacial score (nSPS) is 18.7. The van der Waals surface area contributed by atoms with Crippen LogP contribution in [0, 0.1) is 6.92 Å². The van der Waals surface area contributed by atoms with Gasteiger partial charge in [0.2, 0.25) is 0 Å². The van der Waals surface area contributed by atoms with Crippen molar-refractivity contribution in [2.24, 2.45) is 0 Å². The Kier molecular flexibility index (Phi) is 5.53. The fraction of sp³-hybridized carbons (Fsp3) is 0.526. The number of ether oxygens (including phenoxy) is 1. The number of nitrogens with zero attached hydrogens (tertiary/aromatic N) is 2. The molecule has 1 aliphatic rings. The molecule has 0 saturated carbocycles. The van der Waals surface area contributed by atoms with E-state index in [2.05, 4.69) is 34.2 Å². The molecule has 2 aromatic rings. The van der Waals surface area contributed by atoms with Crippen LogP contribution in [0.3, 0.4) is 0 Å². The average Bonchev–Trinajstić information content (AvgIpc) is 3.03. The van der Waals surface area contributed by atoms with Gasteiger partial charge in [-0.15, -0.1) is 0 Å². The molecule has 24 heavy (non-hydrogen) atoms. The van der Waals surface area contributed by atoms with E-state index < -0.39 is 0 Å². The van der Waals surface area contributed by atoms with Gasteiger partial charge in [0.15, 0.2) is 0 Å². The highest BCUT2D eigenvalue weighted by Gasteiger charge is 2.26. The molecule has 0 radical (unpaired) electrons. The van der Waals surface area contributed by atoms with Crippen LogP contribution in [0.2, 0.25) is 0 Å². The number of aliphatic hydroxyl groups is 1. The van der Waals surface area contributed by atoms with Crippen molar-refractivity contribution in [2.45, 2.75) is 52.3 Å². The smallest absolute Gasteiger partial charge is 0.124 e. The molecule has 130 valence electrons. The molecular formula is C19H27N3O2. The van der Waals surface area contributed by atoms with Crippen molar-refractivity contribution in [1.29, 1.82) is 0 Å². The van der Waals surface area contributed by atoms with Gasteiger partial charge in [0.05, 0.1) is 31.1 Å². The minimum Gasteiger partial charge on any atom is -0.494 e. The maximum absolute atomic E-state index is 9.61. The van der Waals surface area contributed by atoms with Crippen LogP contribution >= 0.6 is 0 Å². The van der Waals surface area contributed by atoms with Crippen molar-refractivity contribution in [2.75, 3.05) is 13.2 Å². The molecule has 1 aromatic carbocycles. The number of piperidine rings is 1. The molecule has 0 bridgehead atoms. The molecule has 0 spiro atoms. The lowest BCUT2D eigenvalue weighted by molar-refractivity contribution is 0.136. The second-order valence-electron chi connectivity index (χ2n) is 6.48. The predicted octanol–water partition coefficient (Wildman–Crippen LogP) is 3.34. The topological polar surface area (TPSA) is 61.4 Å². The predicted molar refractivity (Wildman–Crippen MR) is 93.9 cm³/mol. The number of aryl methyl sites for hydroxylation is 1. The number of aromatic nitrogens is 2. The van der Waals surface area contributed by atoms with Gasteiger partial charge >= 0.3 is 0 Å². The first-order valence-corrected chi connectivity index (χ1v) is 8.82. The maximum atomic E-state index is 9.61. The summed E-state index contributed by atoms with van der Waals surface area (Å²) in [6.07, 6.45) is 5.55. The first-order chi connectivity index (χ1) is 11.7. The zero-order valence-electron chi connectivity index (χ0n) is 14.6. The molecule has 2 heterocycles. The molecule has 1 atom stereocenters. The van der Waals surface area contributed by atoms with Crippen LogP contribution in [-0.2, 0) is 13.2 Å². The molecule has 5 nitrogen and oxygen atoms in total. The van der Waals surface area contributed by atoms with Crippen molar-refractivity contribution >= 4 is 0 Å². The highest BCUT2D eigenvalue weighted by Crippen LogP contribution is 2.33. The van der Waals surface area contributed by atoms with Crippen LogP contribution in [0.25, 0.3) is 0 Å². The minimum absolute atomic E-state index is 0.00621. The standard InChI is InChI=1S/C19H27N3O2/c1-3-24-18-8-7-15(10-16(18)13-23)12-22-9-5-4-6-17(22)19-14(2)11-20-21-19/h7-8,10-11,17,23H,3-6,9,12-13H2,1-2H3,(H,20,21)/t17-/m0/s1. The van der Waals surface area contributed by atoms with Crippen molar-refractivity contribution < 1.29 is 9.84 Å². The van der Waals surface area contributed by atoms with E-state index in [1.165, 1.54) is 29.7 Å². The quantitative estimate of drug-likeness (QED) is 0.853. The SMILES string of the molecule is CCOc1ccc(CN2CCCC[C@H]2c2[nH]ncc2C)cc1CO. The first kappa shape index (κ1) is 17.0. The molecule has 5 heteroatoms. The van der Waals surface area contributed by atoms with Gasteiger partial charge in [-0.25, -0.2) is 0 Å². The van der Waals surface area contributed by atoms with Crippen molar-refractivity contribution in [3.05, 3.63) is 46.8 Å². The molecule has 1 aliphatic heterocycles. The molecule has 0 amide bonds. The number of likely N-dealkylation sites (tertiary alicyclic amines) is 1. The summed E-state index contributed by atoms with van der Waals surface area (Å²) in [6.45, 7) is 6.66. The monoisotopic (exact) mass is 329 g/mol. The Balaban J connectivity index is 1.79. The van der Waals surface area contributed by atoms with Crippen LogP contribution in [0.1, 0.15) is 54.6 Å². The van der Waals surface area contributed by atoms with E-state index >= 15 is 0 Å². The van der Waals surface area contributed by atoms with Gasteiger partial charge in [-0.05, 0) is 56.5 Å². The van der Waals surface area contributed by atoms with E-state index in [1.54, 1.807) is 0 Å². The summed E-state index contributed by atoms with van der Waals surface area (Å²) >= 11 is 0. The average molecular weight is 329 g/mol. The summed E-state index contributed by atoms with van der Waals surface area (Å²) in [5, 5.41) is 17.0. The molecule has 0 aliphatic carbocycles. The Labute approximate surface area is 143 Å². The maximum Gasteiger partial charge on any atom is 0.124 e. The Hall–Kier alpha value is -1.85. The zero-order valence-corrected chi connectivity index (χ0v) is 14.6. The highest BCUT2D eigenvalue weighted by atomic mass is 16.5. The van der Waals surface area contributed by atoms with Crippen molar-refractivity contribution in [1.82, 2.24) is 15.1 Å². The fourth-order valence-corrected chi connectivity index (χ4v) is 3.59. The third kappa shape index (κ3) is 3.62. The summed E-state index contributed by atoms with van der Waals surface area (Å²) in [4.78, 5) is 2.51. The molecule has 1 saturated heterocycles. The zero-order chi connectivity index (χ0) is 16.9. The number of rotatable bonds is 6.